The Morgan fingerprint density at radius 3 is 2.54 bits per heavy atom. The highest BCUT2D eigenvalue weighted by atomic mass is 35.5. The quantitative estimate of drug-likeness (QED) is 0.676. The minimum Gasteiger partial charge on any atom is -0.0840 e. The fraction of sp³-hybridized carbons (Fsp3) is 0.500. The van der Waals surface area contributed by atoms with Crippen molar-refractivity contribution in [1.82, 2.24) is 0 Å². The molecule has 13 heavy (non-hydrogen) atoms. The molecule has 0 fully saturated rings. The van der Waals surface area contributed by atoms with Crippen molar-refractivity contribution >= 4 is 11.6 Å². The molecule has 0 N–H and O–H groups in total. The standard InChI is InChI=1S/C12H17Cl/c1-3-5-6-11-8-7-10(4-2)9-12(11)13/h7-9H,3-6H2,1-2H3. The zero-order chi connectivity index (χ0) is 9.68. The number of aryl methyl sites for hydroxylation is 2. The van der Waals surface area contributed by atoms with Gasteiger partial charge in [0.15, 0.2) is 0 Å². The largest absolute Gasteiger partial charge is 0.0840 e. The maximum Gasteiger partial charge on any atom is 0.0440 e. The normalized spacial score (nSPS) is 10.4. The monoisotopic (exact) mass is 196 g/mol. The molecule has 0 unspecified atom stereocenters. The Labute approximate surface area is 85.9 Å². The van der Waals surface area contributed by atoms with Gasteiger partial charge in [-0.3, -0.25) is 0 Å². The zero-order valence-electron chi connectivity index (χ0n) is 8.44. The highest BCUT2D eigenvalue weighted by molar-refractivity contribution is 6.31. The third-order valence-corrected chi connectivity index (χ3v) is 2.68. The molecule has 0 aliphatic carbocycles. The Hall–Kier alpha value is -0.490. The predicted octanol–water partition coefficient (Wildman–Crippen LogP) is 4.25. The van der Waals surface area contributed by atoms with Gasteiger partial charge < -0.3 is 0 Å². The van der Waals surface area contributed by atoms with Crippen LogP contribution in [0.1, 0.15) is 37.8 Å². The van der Waals surface area contributed by atoms with Crippen LogP contribution in [-0.4, -0.2) is 0 Å². The molecule has 1 aromatic rings. The summed E-state index contributed by atoms with van der Waals surface area (Å²) in [6, 6.07) is 6.43. The van der Waals surface area contributed by atoms with Gasteiger partial charge in [0.2, 0.25) is 0 Å². The molecule has 0 heterocycles. The minimum atomic E-state index is 0.938. The SMILES string of the molecule is CCCCc1ccc(CC)cc1Cl. The van der Waals surface area contributed by atoms with Crippen LogP contribution in [0.15, 0.2) is 18.2 Å². The average Bonchev–Trinajstić information content (AvgIpc) is 2.16. The van der Waals surface area contributed by atoms with E-state index in [-0.39, 0.29) is 0 Å². The Bertz CT molecular complexity index is 266. The van der Waals surface area contributed by atoms with E-state index in [1.54, 1.807) is 0 Å². The van der Waals surface area contributed by atoms with Gasteiger partial charge in [0, 0.05) is 5.02 Å². The van der Waals surface area contributed by atoms with Crippen molar-refractivity contribution in [3.63, 3.8) is 0 Å². The molecule has 0 spiro atoms. The van der Waals surface area contributed by atoms with Crippen LogP contribution in [0.25, 0.3) is 0 Å². The summed E-state index contributed by atoms with van der Waals surface area (Å²) in [6.45, 7) is 4.35. The van der Waals surface area contributed by atoms with Gasteiger partial charge >= 0.3 is 0 Å². The van der Waals surface area contributed by atoms with E-state index in [1.165, 1.54) is 24.0 Å². The topological polar surface area (TPSA) is 0 Å². The summed E-state index contributed by atoms with van der Waals surface area (Å²) in [7, 11) is 0. The van der Waals surface area contributed by atoms with E-state index in [0.29, 0.717) is 0 Å². The van der Waals surface area contributed by atoms with Gasteiger partial charge in [0.25, 0.3) is 0 Å². The molecule has 0 aliphatic rings. The van der Waals surface area contributed by atoms with Crippen molar-refractivity contribution in [2.45, 2.75) is 39.5 Å². The van der Waals surface area contributed by atoms with Crippen LogP contribution in [0.3, 0.4) is 0 Å². The summed E-state index contributed by atoms with van der Waals surface area (Å²) < 4.78 is 0. The number of unbranched alkanes of at least 4 members (excludes halogenated alkanes) is 1. The van der Waals surface area contributed by atoms with E-state index in [9.17, 15) is 0 Å². The molecule has 72 valence electrons. The fourth-order valence-corrected chi connectivity index (χ4v) is 1.68. The lowest BCUT2D eigenvalue weighted by Gasteiger charge is -2.04. The van der Waals surface area contributed by atoms with Crippen LogP contribution in [0, 0.1) is 0 Å². The molecule has 0 radical (unpaired) electrons. The first-order chi connectivity index (χ1) is 6.27. The van der Waals surface area contributed by atoms with Crippen molar-refractivity contribution in [3.05, 3.63) is 34.3 Å². The van der Waals surface area contributed by atoms with E-state index in [0.717, 1.165) is 17.9 Å². The zero-order valence-corrected chi connectivity index (χ0v) is 9.19. The van der Waals surface area contributed by atoms with Crippen LogP contribution in [-0.2, 0) is 12.8 Å². The molecule has 0 aromatic heterocycles. The van der Waals surface area contributed by atoms with Crippen molar-refractivity contribution in [2.24, 2.45) is 0 Å². The molecular weight excluding hydrogens is 180 g/mol. The number of benzene rings is 1. The van der Waals surface area contributed by atoms with Crippen LogP contribution in [0.4, 0.5) is 0 Å². The summed E-state index contributed by atoms with van der Waals surface area (Å²) >= 11 is 6.14. The molecule has 0 nitrogen and oxygen atoms in total. The van der Waals surface area contributed by atoms with E-state index in [4.69, 9.17) is 11.6 Å². The molecule has 1 aromatic carbocycles. The first-order valence-electron chi connectivity index (χ1n) is 5.05. The third kappa shape index (κ3) is 3.04. The molecule has 0 saturated heterocycles. The summed E-state index contributed by atoms with van der Waals surface area (Å²) in [4.78, 5) is 0. The van der Waals surface area contributed by atoms with Gasteiger partial charge in [-0.2, -0.15) is 0 Å². The lowest BCUT2D eigenvalue weighted by atomic mass is 10.1. The number of hydrogen-bond acceptors (Lipinski definition) is 0. The van der Waals surface area contributed by atoms with E-state index in [1.807, 2.05) is 0 Å². The van der Waals surface area contributed by atoms with Crippen molar-refractivity contribution in [2.75, 3.05) is 0 Å². The molecule has 0 bridgehead atoms. The Balaban J connectivity index is 2.73. The maximum absolute atomic E-state index is 6.14. The Morgan fingerprint density at radius 1 is 1.23 bits per heavy atom. The van der Waals surface area contributed by atoms with Crippen LogP contribution >= 0.6 is 11.6 Å². The summed E-state index contributed by atoms with van der Waals surface area (Å²) in [5.74, 6) is 0. The van der Waals surface area contributed by atoms with Gasteiger partial charge in [-0.1, -0.05) is 44.0 Å². The maximum atomic E-state index is 6.14. The smallest absolute Gasteiger partial charge is 0.0440 e. The number of hydrogen-bond donors (Lipinski definition) is 0. The van der Waals surface area contributed by atoms with Gasteiger partial charge in [0.1, 0.15) is 0 Å². The predicted molar refractivity (Wildman–Crippen MR) is 59.4 cm³/mol. The first kappa shape index (κ1) is 10.6. The second kappa shape index (κ2) is 5.29. The number of halogens is 1. The first-order valence-corrected chi connectivity index (χ1v) is 5.43. The van der Waals surface area contributed by atoms with Crippen molar-refractivity contribution in [3.8, 4) is 0 Å². The highest BCUT2D eigenvalue weighted by Crippen LogP contribution is 2.20. The minimum absolute atomic E-state index is 0.938. The summed E-state index contributed by atoms with van der Waals surface area (Å²) in [5, 5.41) is 0.938. The molecular formula is C12H17Cl. The summed E-state index contributed by atoms with van der Waals surface area (Å²) in [6.07, 6.45) is 4.63. The second-order valence-corrected chi connectivity index (χ2v) is 3.79. The fourth-order valence-electron chi connectivity index (χ4n) is 1.38. The van der Waals surface area contributed by atoms with Gasteiger partial charge in [0.05, 0.1) is 0 Å². The molecule has 0 amide bonds. The van der Waals surface area contributed by atoms with Crippen LogP contribution < -0.4 is 0 Å². The van der Waals surface area contributed by atoms with Gasteiger partial charge in [-0.15, -0.1) is 0 Å². The van der Waals surface area contributed by atoms with Crippen molar-refractivity contribution < 1.29 is 0 Å². The molecule has 1 heteroatoms. The summed E-state index contributed by atoms with van der Waals surface area (Å²) in [5.41, 5.74) is 2.62. The van der Waals surface area contributed by atoms with Crippen LogP contribution in [0.5, 0.6) is 0 Å². The Morgan fingerprint density at radius 2 is 2.00 bits per heavy atom. The third-order valence-electron chi connectivity index (χ3n) is 2.33. The Kier molecular flexibility index (Phi) is 4.31. The van der Waals surface area contributed by atoms with E-state index < -0.39 is 0 Å². The molecule has 1 rings (SSSR count). The highest BCUT2D eigenvalue weighted by Gasteiger charge is 2.00. The van der Waals surface area contributed by atoms with E-state index >= 15 is 0 Å². The van der Waals surface area contributed by atoms with Crippen molar-refractivity contribution in [1.29, 1.82) is 0 Å². The van der Waals surface area contributed by atoms with Crippen LogP contribution in [0.2, 0.25) is 5.02 Å². The lowest BCUT2D eigenvalue weighted by Crippen LogP contribution is -1.88. The lowest BCUT2D eigenvalue weighted by molar-refractivity contribution is 0.795. The van der Waals surface area contributed by atoms with E-state index in [2.05, 4.69) is 32.0 Å². The molecule has 0 atom stereocenters. The number of rotatable bonds is 4. The van der Waals surface area contributed by atoms with Gasteiger partial charge in [-0.05, 0) is 36.5 Å². The second-order valence-electron chi connectivity index (χ2n) is 3.38. The molecule has 0 aliphatic heterocycles. The average molecular weight is 197 g/mol. The molecule has 0 saturated carbocycles. The van der Waals surface area contributed by atoms with Gasteiger partial charge in [-0.25, -0.2) is 0 Å².